The highest BCUT2D eigenvalue weighted by Gasteiger charge is 2.43. The average molecular weight is 627 g/mol. The number of fused-ring (bicyclic) bond motifs is 8. The summed E-state index contributed by atoms with van der Waals surface area (Å²) >= 11 is 0. The van der Waals surface area contributed by atoms with E-state index < -0.39 is 16.8 Å². The Morgan fingerprint density at radius 1 is 0.717 bits per heavy atom. The highest BCUT2D eigenvalue weighted by Crippen LogP contribution is 2.38. The number of methoxy groups -OCH3 is 2. The van der Waals surface area contributed by atoms with E-state index in [1.807, 2.05) is 52.8 Å². The predicted octanol–water partition coefficient (Wildman–Crippen LogP) is 6.24. The molecule has 2 N–H and O–H groups in total. The van der Waals surface area contributed by atoms with Crippen LogP contribution in [0.25, 0.3) is 22.1 Å². The van der Waals surface area contributed by atoms with Crippen LogP contribution in [0.3, 0.4) is 0 Å². The summed E-state index contributed by atoms with van der Waals surface area (Å²) in [6.45, 7) is 11.7. The fraction of sp³-hybridized carbons (Fsp3) is 0.444. The first kappa shape index (κ1) is 32.8. The van der Waals surface area contributed by atoms with E-state index in [1.165, 1.54) is 14.2 Å². The number of H-pyrrole nitrogens is 2. The number of rotatable bonds is 8. The number of hydrogen-bond acceptors (Lipinski definition) is 8. The maximum absolute atomic E-state index is 14.2. The van der Waals surface area contributed by atoms with Crippen LogP contribution >= 0.6 is 0 Å². The fourth-order valence-electron chi connectivity index (χ4n) is 6.57. The molecule has 10 nitrogen and oxygen atoms in total. The van der Waals surface area contributed by atoms with Crippen molar-refractivity contribution in [2.24, 2.45) is 0 Å². The Labute approximate surface area is 268 Å². The molecule has 2 unspecified atom stereocenters. The van der Waals surface area contributed by atoms with Crippen LogP contribution in [0.5, 0.6) is 0 Å². The molecule has 8 bridgehead atoms. The second-order valence-corrected chi connectivity index (χ2v) is 12.6. The van der Waals surface area contributed by atoms with Gasteiger partial charge in [-0.1, -0.05) is 13.8 Å². The maximum atomic E-state index is 14.2. The van der Waals surface area contributed by atoms with Gasteiger partial charge in [0.1, 0.15) is 11.4 Å². The summed E-state index contributed by atoms with van der Waals surface area (Å²) in [4.78, 5) is 69.1. The van der Waals surface area contributed by atoms with Gasteiger partial charge in [-0.05, 0) is 99.9 Å². The van der Waals surface area contributed by atoms with Crippen LogP contribution in [0, 0.1) is 13.8 Å². The van der Waals surface area contributed by atoms with Crippen molar-refractivity contribution in [1.82, 2.24) is 19.9 Å². The quantitative estimate of drug-likeness (QED) is 0.280. The van der Waals surface area contributed by atoms with Gasteiger partial charge in [-0.25, -0.2) is 9.97 Å². The molecule has 2 aliphatic heterocycles. The molecule has 0 saturated carbocycles. The summed E-state index contributed by atoms with van der Waals surface area (Å²) in [6.07, 6.45) is 2.03. The minimum atomic E-state index is -1.09. The number of hydrogen-bond donors (Lipinski definition) is 2. The van der Waals surface area contributed by atoms with E-state index in [9.17, 15) is 19.2 Å². The largest absolute Gasteiger partial charge is 0.469 e. The Morgan fingerprint density at radius 2 is 1.20 bits per heavy atom. The Hall–Kier alpha value is -4.60. The van der Waals surface area contributed by atoms with Crippen LogP contribution in [0.1, 0.15) is 108 Å². The van der Waals surface area contributed by atoms with Gasteiger partial charge in [0.15, 0.2) is 11.6 Å². The van der Waals surface area contributed by atoms with E-state index in [2.05, 4.69) is 16.9 Å². The standard InChI is InChI=1S/C36H42N4O6/c1-9-21-19(3)23-15-27-33(43)35(5,10-2)29(39-27)17-24-20(4)22(11-12-31(41)45-7)25(38-24)16-28-34(44)36(6,14-13-32(42)46-8)30(40-28)18-26(21)37-23/h15-18,37-38H,9-14H2,1-8H3. The molecule has 10 heteroatoms. The van der Waals surface area contributed by atoms with E-state index >= 15 is 0 Å². The smallest absolute Gasteiger partial charge is 0.305 e. The highest BCUT2D eigenvalue weighted by atomic mass is 16.5. The van der Waals surface area contributed by atoms with Gasteiger partial charge in [-0.2, -0.15) is 0 Å². The molecular formula is C36H42N4O6. The zero-order chi connectivity index (χ0) is 33.6. The second kappa shape index (κ2) is 12.3. The first-order valence-corrected chi connectivity index (χ1v) is 15.8. The first-order chi connectivity index (χ1) is 21.8. The molecule has 0 aliphatic carbocycles. The van der Waals surface area contributed by atoms with Crippen molar-refractivity contribution < 1.29 is 28.7 Å². The third kappa shape index (κ3) is 5.43. The Morgan fingerprint density at radius 3 is 1.78 bits per heavy atom. The molecule has 5 rings (SSSR count). The monoisotopic (exact) mass is 626 g/mol. The van der Waals surface area contributed by atoms with Crippen LogP contribution < -0.4 is 0 Å². The highest BCUT2D eigenvalue weighted by molar-refractivity contribution is 6.06. The van der Waals surface area contributed by atoms with Crippen molar-refractivity contribution in [3.05, 3.63) is 69.3 Å². The molecule has 0 saturated heterocycles. The fourth-order valence-corrected chi connectivity index (χ4v) is 6.57. The van der Waals surface area contributed by atoms with Crippen molar-refractivity contribution in [2.45, 2.75) is 90.9 Å². The molecule has 242 valence electrons. The van der Waals surface area contributed by atoms with Crippen molar-refractivity contribution in [2.75, 3.05) is 14.2 Å². The maximum Gasteiger partial charge on any atom is 0.305 e. The summed E-state index contributed by atoms with van der Waals surface area (Å²) in [5, 5.41) is 0. The van der Waals surface area contributed by atoms with Gasteiger partial charge in [-0.15, -0.1) is 0 Å². The number of Topliss-reactive ketones (excluding diaryl/α,β-unsaturated/α-hetero) is 2. The summed E-state index contributed by atoms with van der Waals surface area (Å²) < 4.78 is 9.80. The SMILES string of the molecule is CCc1c(C)c2cc3nc(cc4[nH]c(cc5nc(cc1[nH]2)C(C)(CCC(=O)OC)C5=O)c(CCC(=O)OC)c4C)C(C)(CC)C3=O. The molecule has 3 aromatic heterocycles. The lowest BCUT2D eigenvalue weighted by molar-refractivity contribution is -0.141. The van der Waals surface area contributed by atoms with Crippen LogP contribution in [-0.2, 0) is 42.7 Å². The molecular weight excluding hydrogens is 584 g/mol. The van der Waals surface area contributed by atoms with Crippen molar-refractivity contribution in [3.8, 4) is 0 Å². The normalized spacial score (nSPS) is 19.4. The van der Waals surface area contributed by atoms with E-state index in [1.54, 1.807) is 6.07 Å². The second-order valence-electron chi connectivity index (χ2n) is 12.6. The summed E-state index contributed by atoms with van der Waals surface area (Å²) in [5.41, 5.74) is 6.50. The lowest BCUT2D eigenvalue weighted by Crippen LogP contribution is -2.29. The van der Waals surface area contributed by atoms with Crippen LogP contribution in [0.2, 0.25) is 0 Å². The van der Waals surface area contributed by atoms with Gasteiger partial charge in [-0.3, -0.25) is 19.2 Å². The number of ether oxygens (including phenoxy) is 2. The molecule has 3 aromatic rings. The zero-order valence-electron chi connectivity index (χ0n) is 27.9. The third-order valence-electron chi connectivity index (χ3n) is 10.0. The van der Waals surface area contributed by atoms with Crippen LogP contribution in [-0.4, -0.2) is 57.7 Å². The van der Waals surface area contributed by atoms with Crippen LogP contribution in [0.4, 0.5) is 0 Å². The summed E-state index contributed by atoms with van der Waals surface area (Å²) in [5.74, 6) is -1.02. The van der Waals surface area contributed by atoms with Crippen molar-refractivity contribution in [3.63, 3.8) is 0 Å². The lowest BCUT2D eigenvalue weighted by atomic mass is 9.79. The average Bonchev–Trinajstić information content (AvgIpc) is 3.66. The number of carbonyl (C=O) groups excluding carboxylic acids is 4. The molecule has 0 aromatic carbocycles. The molecule has 5 heterocycles. The predicted molar refractivity (Wildman–Crippen MR) is 175 cm³/mol. The molecule has 0 amide bonds. The number of aromatic nitrogens is 4. The Kier molecular flexibility index (Phi) is 8.77. The molecule has 2 aliphatic rings. The molecule has 2 atom stereocenters. The molecule has 0 fully saturated rings. The van der Waals surface area contributed by atoms with Gasteiger partial charge in [0.05, 0.1) is 36.4 Å². The minimum Gasteiger partial charge on any atom is -0.469 e. The molecule has 0 radical (unpaired) electrons. The van der Waals surface area contributed by atoms with Crippen molar-refractivity contribution in [1.29, 1.82) is 0 Å². The van der Waals surface area contributed by atoms with E-state index in [0.717, 1.165) is 38.8 Å². The van der Waals surface area contributed by atoms with Crippen molar-refractivity contribution >= 4 is 45.6 Å². The van der Waals surface area contributed by atoms with Gasteiger partial charge in [0.25, 0.3) is 0 Å². The van der Waals surface area contributed by atoms with Gasteiger partial charge in [0.2, 0.25) is 0 Å². The number of aryl methyl sites for hydroxylation is 4. The van der Waals surface area contributed by atoms with E-state index in [-0.39, 0.29) is 42.5 Å². The number of ketones is 2. The van der Waals surface area contributed by atoms with Crippen LogP contribution in [0.15, 0.2) is 24.3 Å². The Balaban J connectivity index is 1.91. The van der Waals surface area contributed by atoms with Gasteiger partial charge in [0, 0.05) is 34.9 Å². The Bertz CT molecular complexity index is 1940. The topological polar surface area (TPSA) is 144 Å². The molecule has 0 spiro atoms. The zero-order valence-corrected chi connectivity index (χ0v) is 27.9. The number of nitrogens with one attached hydrogen (secondary N) is 2. The van der Waals surface area contributed by atoms with E-state index in [4.69, 9.17) is 19.4 Å². The first-order valence-electron chi connectivity index (χ1n) is 15.8. The number of aromatic amines is 2. The molecule has 46 heavy (non-hydrogen) atoms. The summed E-state index contributed by atoms with van der Waals surface area (Å²) in [7, 11) is 2.68. The third-order valence-corrected chi connectivity index (χ3v) is 10.0. The number of esters is 2. The lowest BCUT2D eigenvalue weighted by Gasteiger charge is -2.21. The minimum absolute atomic E-state index is 0.0458. The summed E-state index contributed by atoms with van der Waals surface area (Å²) in [6, 6.07) is 7.32. The van der Waals surface area contributed by atoms with E-state index in [0.29, 0.717) is 41.9 Å². The number of carbonyl (C=O) groups is 4. The van der Waals surface area contributed by atoms with Gasteiger partial charge >= 0.3 is 11.9 Å². The number of nitrogens with zero attached hydrogens (tertiary/aromatic N) is 2. The van der Waals surface area contributed by atoms with Gasteiger partial charge < -0.3 is 19.4 Å².